The summed E-state index contributed by atoms with van der Waals surface area (Å²) in [5, 5.41) is 10.1. The minimum atomic E-state index is -0.813. The lowest BCUT2D eigenvalue weighted by atomic mass is 9.83. The molecule has 4 heteroatoms. The van der Waals surface area contributed by atoms with Gasteiger partial charge in [-0.15, -0.1) is 0 Å². The summed E-state index contributed by atoms with van der Waals surface area (Å²) in [7, 11) is 0. The Morgan fingerprint density at radius 1 is 1.24 bits per heavy atom. The fourth-order valence-corrected chi connectivity index (χ4v) is 1.97. The summed E-state index contributed by atoms with van der Waals surface area (Å²) in [6.07, 6.45) is 1.14. The number of nitrogens with zero attached hydrogens (tertiary/aromatic N) is 1. The predicted molar refractivity (Wildman–Crippen MR) is 66.9 cm³/mol. The largest absolute Gasteiger partial charge is 0.444 e. The normalized spacial score (nSPS) is 29.0. The number of hydrogen-bond acceptors (Lipinski definition) is 3. The molecule has 0 aromatic rings. The second-order valence-electron chi connectivity index (χ2n) is 6.88. The number of likely N-dealkylation sites (tertiary alicyclic amines) is 1. The molecule has 1 saturated heterocycles. The number of piperidine rings is 1. The highest BCUT2D eigenvalue weighted by atomic mass is 16.6. The number of hydrogen-bond donors (Lipinski definition) is 1. The SMILES string of the molecule is CC(C)(C)OC(=O)N1C[C@@](C)(O)CCC1(C)C. The molecular formula is C13H25NO3. The monoisotopic (exact) mass is 243 g/mol. The Bertz CT molecular complexity index is 302. The molecule has 0 saturated carbocycles. The molecule has 0 unspecified atom stereocenters. The molecule has 1 rings (SSSR count). The van der Waals surface area contributed by atoms with Crippen molar-refractivity contribution < 1.29 is 14.6 Å². The molecule has 0 aromatic carbocycles. The van der Waals surface area contributed by atoms with Crippen LogP contribution in [0, 0.1) is 0 Å². The average Bonchev–Trinajstić information content (AvgIpc) is 2.07. The first-order chi connectivity index (χ1) is 7.43. The van der Waals surface area contributed by atoms with Crippen LogP contribution < -0.4 is 0 Å². The maximum atomic E-state index is 12.1. The first kappa shape index (κ1) is 14.3. The highest BCUT2D eigenvalue weighted by Gasteiger charge is 2.43. The highest BCUT2D eigenvalue weighted by Crippen LogP contribution is 2.33. The van der Waals surface area contributed by atoms with Crippen LogP contribution in [0.2, 0.25) is 0 Å². The van der Waals surface area contributed by atoms with E-state index in [1.165, 1.54) is 0 Å². The van der Waals surface area contributed by atoms with Gasteiger partial charge in [-0.05, 0) is 54.4 Å². The Hall–Kier alpha value is -0.770. The molecule has 100 valence electrons. The van der Waals surface area contributed by atoms with E-state index in [0.717, 1.165) is 6.42 Å². The lowest BCUT2D eigenvalue weighted by molar-refractivity contribution is -0.0722. The van der Waals surface area contributed by atoms with Gasteiger partial charge in [0, 0.05) is 5.54 Å². The molecule has 0 bridgehead atoms. The van der Waals surface area contributed by atoms with Crippen LogP contribution in [-0.2, 0) is 4.74 Å². The van der Waals surface area contributed by atoms with Crippen LogP contribution in [0.3, 0.4) is 0 Å². The third-order valence-electron chi connectivity index (χ3n) is 3.12. The van der Waals surface area contributed by atoms with E-state index in [-0.39, 0.29) is 11.6 Å². The van der Waals surface area contributed by atoms with Crippen molar-refractivity contribution in [1.29, 1.82) is 0 Å². The molecule has 1 aliphatic rings. The molecule has 1 fully saturated rings. The predicted octanol–water partition coefficient (Wildman–Crippen LogP) is 2.55. The van der Waals surface area contributed by atoms with E-state index in [1.54, 1.807) is 11.8 Å². The summed E-state index contributed by atoms with van der Waals surface area (Å²) in [6, 6.07) is 0. The van der Waals surface area contributed by atoms with Gasteiger partial charge in [0.05, 0.1) is 12.1 Å². The van der Waals surface area contributed by atoms with E-state index < -0.39 is 11.2 Å². The molecule has 1 atom stereocenters. The smallest absolute Gasteiger partial charge is 0.410 e. The van der Waals surface area contributed by atoms with Crippen molar-refractivity contribution in [2.75, 3.05) is 6.54 Å². The molecule has 17 heavy (non-hydrogen) atoms. The molecule has 1 amide bonds. The average molecular weight is 243 g/mol. The lowest BCUT2D eigenvalue weighted by Crippen LogP contribution is -2.59. The number of carbonyl (C=O) groups excluding carboxylic acids is 1. The maximum Gasteiger partial charge on any atom is 0.410 e. The van der Waals surface area contributed by atoms with E-state index in [1.807, 2.05) is 34.6 Å². The number of aliphatic hydroxyl groups is 1. The van der Waals surface area contributed by atoms with E-state index in [0.29, 0.717) is 13.0 Å². The van der Waals surface area contributed by atoms with Gasteiger partial charge in [-0.1, -0.05) is 0 Å². The highest BCUT2D eigenvalue weighted by molar-refractivity contribution is 5.69. The summed E-state index contributed by atoms with van der Waals surface area (Å²) >= 11 is 0. The summed E-state index contributed by atoms with van der Waals surface area (Å²) < 4.78 is 5.38. The Balaban J connectivity index is 2.81. The van der Waals surface area contributed by atoms with Crippen LogP contribution in [0.25, 0.3) is 0 Å². The molecule has 1 N–H and O–H groups in total. The van der Waals surface area contributed by atoms with E-state index in [2.05, 4.69) is 0 Å². The third kappa shape index (κ3) is 3.87. The molecular weight excluding hydrogens is 218 g/mol. The van der Waals surface area contributed by atoms with Crippen molar-refractivity contribution >= 4 is 6.09 Å². The third-order valence-corrected chi connectivity index (χ3v) is 3.12. The topological polar surface area (TPSA) is 49.8 Å². The first-order valence-electron chi connectivity index (χ1n) is 6.16. The molecule has 4 nitrogen and oxygen atoms in total. The Morgan fingerprint density at radius 3 is 2.24 bits per heavy atom. The quantitative estimate of drug-likeness (QED) is 0.711. The van der Waals surface area contributed by atoms with Crippen molar-refractivity contribution in [3.05, 3.63) is 0 Å². The number of carbonyl (C=O) groups is 1. The van der Waals surface area contributed by atoms with Gasteiger partial charge in [-0.3, -0.25) is 0 Å². The Morgan fingerprint density at radius 2 is 1.76 bits per heavy atom. The fourth-order valence-electron chi connectivity index (χ4n) is 1.97. The Labute approximate surface area is 104 Å². The van der Waals surface area contributed by atoms with Gasteiger partial charge >= 0.3 is 6.09 Å². The van der Waals surface area contributed by atoms with E-state index >= 15 is 0 Å². The second kappa shape index (κ2) is 4.16. The molecule has 1 aliphatic heterocycles. The van der Waals surface area contributed by atoms with Gasteiger partial charge < -0.3 is 14.7 Å². The van der Waals surface area contributed by atoms with E-state index in [9.17, 15) is 9.90 Å². The number of β-amino-alcohol motifs (C(OH)–C–C–N with tert-alkyl or cyclic N) is 1. The lowest BCUT2D eigenvalue weighted by Gasteiger charge is -2.47. The molecule has 0 aromatic heterocycles. The number of amides is 1. The summed E-state index contributed by atoms with van der Waals surface area (Å²) in [4.78, 5) is 13.8. The maximum absolute atomic E-state index is 12.1. The van der Waals surface area contributed by atoms with Crippen molar-refractivity contribution in [3.63, 3.8) is 0 Å². The second-order valence-corrected chi connectivity index (χ2v) is 6.88. The van der Waals surface area contributed by atoms with Crippen LogP contribution >= 0.6 is 0 Å². The van der Waals surface area contributed by atoms with Gasteiger partial charge in [0.25, 0.3) is 0 Å². The zero-order valence-electron chi connectivity index (χ0n) is 11.8. The molecule has 0 aliphatic carbocycles. The van der Waals surface area contributed by atoms with Gasteiger partial charge in [0.1, 0.15) is 5.60 Å². The minimum absolute atomic E-state index is 0.259. The summed E-state index contributed by atoms with van der Waals surface area (Å²) in [5.74, 6) is 0. The van der Waals surface area contributed by atoms with Crippen LogP contribution in [0.5, 0.6) is 0 Å². The summed E-state index contributed by atoms with van der Waals surface area (Å²) in [5.41, 5.74) is -1.58. The van der Waals surface area contributed by atoms with Gasteiger partial charge in [-0.2, -0.15) is 0 Å². The van der Waals surface area contributed by atoms with Crippen LogP contribution in [-0.4, -0.2) is 39.4 Å². The van der Waals surface area contributed by atoms with Crippen molar-refractivity contribution in [2.24, 2.45) is 0 Å². The van der Waals surface area contributed by atoms with Crippen LogP contribution in [0.15, 0.2) is 0 Å². The number of rotatable bonds is 0. The standard InChI is InChI=1S/C13H25NO3/c1-11(2,3)17-10(15)14-9-13(6,16)8-7-12(14,4)5/h16H,7-9H2,1-6H3/t13-/m0/s1. The van der Waals surface area contributed by atoms with Gasteiger partial charge in [-0.25, -0.2) is 4.79 Å². The number of ether oxygens (including phenoxy) is 1. The van der Waals surface area contributed by atoms with Gasteiger partial charge in [0.15, 0.2) is 0 Å². The molecule has 1 heterocycles. The van der Waals surface area contributed by atoms with Gasteiger partial charge in [0.2, 0.25) is 0 Å². The van der Waals surface area contributed by atoms with Crippen LogP contribution in [0.1, 0.15) is 54.4 Å². The fraction of sp³-hybridized carbons (Fsp3) is 0.923. The summed E-state index contributed by atoms with van der Waals surface area (Å²) in [6.45, 7) is 11.6. The van der Waals surface area contributed by atoms with Crippen molar-refractivity contribution in [3.8, 4) is 0 Å². The van der Waals surface area contributed by atoms with Crippen molar-refractivity contribution in [1.82, 2.24) is 4.90 Å². The first-order valence-corrected chi connectivity index (χ1v) is 6.16. The zero-order valence-corrected chi connectivity index (χ0v) is 11.8. The Kier molecular flexibility index (Phi) is 3.50. The minimum Gasteiger partial charge on any atom is -0.444 e. The molecule has 0 spiro atoms. The zero-order chi connectivity index (χ0) is 13.5. The van der Waals surface area contributed by atoms with Crippen molar-refractivity contribution in [2.45, 2.75) is 71.1 Å². The van der Waals surface area contributed by atoms with Crippen LogP contribution in [0.4, 0.5) is 4.79 Å². The van der Waals surface area contributed by atoms with E-state index in [4.69, 9.17) is 4.74 Å². The molecule has 0 radical (unpaired) electrons.